The fraction of sp³-hybridized carbons (Fsp3) is 0.615. The van der Waals surface area contributed by atoms with E-state index in [-0.39, 0.29) is 5.41 Å². The van der Waals surface area contributed by atoms with Crippen molar-refractivity contribution in [1.82, 2.24) is 4.98 Å². The molecule has 0 unspecified atom stereocenters. The van der Waals surface area contributed by atoms with Gasteiger partial charge in [0.2, 0.25) is 0 Å². The number of hydrogen-bond acceptors (Lipinski definition) is 1. The number of alkyl halides is 3. The van der Waals surface area contributed by atoms with Crippen LogP contribution in [0.2, 0.25) is 0 Å². The van der Waals surface area contributed by atoms with Gasteiger partial charge in [-0.25, -0.2) is 0 Å². The van der Waals surface area contributed by atoms with E-state index in [1.807, 2.05) is 34.6 Å². The lowest BCUT2D eigenvalue weighted by atomic mass is 9.83. The van der Waals surface area contributed by atoms with Crippen molar-refractivity contribution in [1.29, 1.82) is 0 Å². The summed E-state index contributed by atoms with van der Waals surface area (Å²) in [6, 6.07) is 1.18. The van der Waals surface area contributed by atoms with Crippen molar-refractivity contribution in [3.05, 3.63) is 29.6 Å². The summed E-state index contributed by atoms with van der Waals surface area (Å²) in [6.45, 7) is 9.76. The molecule has 1 nitrogen and oxygen atoms in total. The van der Waals surface area contributed by atoms with E-state index in [0.717, 1.165) is 12.6 Å². The van der Waals surface area contributed by atoms with Crippen LogP contribution in [-0.4, -0.2) is 4.98 Å². The van der Waals surface area contributed by atoms with Gasteiger partial charge < -0.3 is 0 Å². The highest BCUT2D eigenvalue weighted by Gasteiger charge is 2.32. The Labute approximate surface area is 101 Å². The summed E-state index contributed by atoms with van der Waals surface area (Å²) in [4.78, 5) is 3.65. The third-order valence-corrected chi connectivity index (χ3v) is 2.73. The fourth-order valence-corrected chi connectivity index (χ4v) is 1.17. The molecule has 98 valence electrons. The minimum absolute atomic E-state index is 0.270. The van der Waals surface area contributed by atoms with E-state index in [2.05, 4.69) is 4.98 Å². The second kappa shape index (κ2) is 6.03. The fourth-order valence-electron chi connectivity index (χ4n) is 1.17. The third kappa shape index (κ3) is 4.36. The Balaban J connectivity index is 0.00000121. The first-order chi connectivity index (χ1) is 7.77. The van der Waals surface area contributed by atoms with E-state index < -0.39 is 11.7 Å². The lowest BCUT2D eigenvalue weighted by Gasteiger charge is -2.23. The Morgan fingerprint density at radius 1 is 1.06 bits per heavy atom. The standard InChI is InChI=1S/C11H14F3N.C2H6/c1-4-10(2,3)8-5-9(7-15-6-8)11(12,13)14;1-2/h5-7H,4H2,1-3H3;1-2H3. The van der Waals surface area contributed by atoms with Gasteiger partial charge in [0.05, 0.1) is 5.56 Å². The van der Waals surface area contributed by atoms with Crippen LogP contribution >= 0.6 is 0 Å². The summed E-state index contributed by atoms with van der Waals surface area (Å²) in [5.41, 5.74) is -0.324. The Kier molecular flexibility index (Phi) is 5.66. The highest BCUT2D eigenvalue weighted by atomic mass is 19.4. The molecule has 0 saturated carbocycles. The van der Waals surface area contributed by atoms with Crippen LogP contribution in [0.4, 0.5) is 13.2 Å². The van der Waals surface area contributed by atoms with Crippen LogP contribution < -0.4 is 0 Å². The molecular weight excluding hydrogens is 227 g/mol. The molecule has 0 spiro atoms. The number of aromatic nitrogens is 1. The summed E-state index contributed by atoms with van der Waals surface area (Å²) >= 11 is 0. The molecule has 4 heteroatoms. The molecule has 1 heterocycles. The number of rotatable bonds is 2. The van der Waals surface area contributed by atoms with Crippen LogP contribution in [-0.2, 0) is 11.6 Å². The SMILES string of the molecule is CC.CCC(C)(C)c1cncc(C(F)(F)F)c1. The molecule has 0 aromatic carbocycles. The van der Waals surface area contributed by atoms with Gasteiger partial charge in [-0.15, -0.1) is 0 Å². The van der Waals surface area contributed by atoms with E-state index in [9.17, 15) is 13.2 Å². The monoisotopic (exact) mass is 247 g/mol. The Morgan fingerprint density at radius 2 is 1.53 bits per heavy atom. The van der Waals surface area contributed by atoms with Gasteiger partial charge in [0.1, 0.15) is 0 Å². The quantitative estimate of drug-likeness (QED) is 0.730. The molecule has 1 rings (SSSR count). The van der Waals surface area contributed by atoms with Gasteiger partial charge in [-0.2, -0.15) is 13.2 Å². The number of hydrogen-bond donors (Lipinski definition) is 0. The number of nitrogens with zero attached hydrogens (tertiary/aromatic N) is 1. The van der Waals surface area contributed by atoms with Crippen LogP contribution in [0.25, 0.3) is 0 Å². The van der Waals surface area contributed by atoms with E-state index in [0.29, 0.717) is 5.56 Å². The lowest BCUT2D eigenvalue weighted by Crippen LogP contribution is -2.17. The topological polar surface area (TPSA) is 12.9 Å². The van der Waals surface area contributed by atoms with Crippen LogP contribution in [0.15, 0.2) is 18.5 Å². The van der Waals surface area contributed by atoms with Crippen molar-refractivity contribution in [3.8, 4) is 0 Å². The molecular formula is C13H20F3N. The Hall–Kier alpha value is -1.06. The second-order valence-electron chi connectivity index (χ2n) is 4.20. The molecule has 1 aromatic rings. The molecule has 0 aliphatic carbocycles. The summed E-state index contributed by atoms with van der Waals surface area (Å²) < 4.78 is 37.3. The summed E-state index contributed by atoms with van der Waals surface area (Å²) in [6.07, 6.45) is -1.18. The van der Waals surface area contributed by atoms with Crippen LogP contribution in [0.3, 0.4) is 0 Å². The second-order valence-corrected chi connectivity index (χ2v) is 4.20. The highest BCUT2D eigenvalue weighted by Crippen LogP contribution is 2.33. The van der Waals surface area contributed by atoms with E-state index in [1.54, 1.807) is 0 Å². The number of halogens is 3. The van der Waals surface area contributed by atoms with Crippen molar-refractivity contribution in [2.24, 2.45) is 0 Å². The first-order valence-electron chi connectivity index (χ1n) is 5.80. The van der Waals surface area contributed by atoms with Crippen molar-refractivity contribution >= 4 is 0 Å². The molecule has 17 heavy (non-hydrogen) atoms. The van der Waals surface area contributed by atoms with Crippen molar-refractivity contribution in [2.75, 3.05) is 0 Å². The predicted octanol–water partition coefficient (Wildman–Crippen LogP) is 4.81. The minimum atomic E-state index is -4.31. The molecule has 0 aliphatic heterocycles. The van der Waals surface area contributed by atoms with Crippen LogP contribution in [0, 0.1) is 0 Å². The van der Waals surface area contributed by atoms with Gasteiger partial charge in [-0.05, 0) is 23.5 Å². The molecule has 1 aromatic heterocycles. The normalized spacial score (nSPS) is 11.8. The first-order valence-corrected chi connectivity index (χ1v) is 5.80. The van der Waals surface area contributed by atoms with Gasteiger partial charge >= 0.3 is 6.18 Å². The molecule has 0 radical (unpaired) electrons. The van der Waals surface area contributed by atoms with E-state index in [1.165, 1.54) is 12.3 Å². The maximum Gasteiger partial charge on any atom is 0.417 e. The zero-order chi connectivity index (χ0) is 13.7. The molecule has 0 bridgehead atoms. The largest absolute Gasteiger partial charge is 0.417 e. The van der Waals surface area contributed by atoms with Gasteiger partial charge in [0, 0.05) is 12.4 Å². The van der Waals surface area contributed by atoms with Gasteiger partial charge in [0.15, 0.2) is 0 Å². The molecule has 0 saturated heterocycles. The maximum absolute atomic E-state index is 12.4. The van der Waals surface area contributed by atoms with Crippen molar-refractivity contribution in [2.45, 2.75) is 52.6 Å². The van der Waals surface area contributed by atoms with Crippen molar-refractivity contribution < 1.29 is 13.2 Å². The van der Waals surface area contributed by atoms with E-state index >= 15 is 0 Å². The molecule has 0 amide bonds. The summed E-state index contributed by atoms with van der Waals surface area (Å²) in [5, 5.41) is 0. The van der Waals surface area contributed by atoms with Crippen LogP contribution in [0.1, 0.15) is 52.2 Å². The van der Waals surface area contributed by atoms with Crippen LogP contribution in [0.5, 0.6) is 0 Å². The van der Waals surface area contributed by atoms with Gasteiger partial charge in [-0.3, -0.25) is 4.98 Å². The Morgan fingerprint density at radius 3 is 1.94 bits per heavy atom. The van der Waals surface area contributed by atoms with Crippen molar-refractivity contribution in [3.63, 3.8) is 0 Å². The molecule has 0 aliphatic rings. The smallest absolute Gasteiger partial charge is 0.264 e. The lowest BCUT2D eigenvalue weighted by molar-refractivity contribution is -0.137. The third-order valence-electron chi connectivity index (χ3n) is 2.73. The van der Waals surface area contributed by atoms with Gasteiger partial charge in [0.25, 0.3) is 0 Å². The maximum atomic E-state index is 12.4. The van der Waals surface area contributed by atoms with Gasteiger partial charge in [-0.1, -0.05) is 34.6 Å². The predicted molar refractivity (Wildman–Crippen MR) is 63.9 cm³/mol. The average Bonchev–Trinajstić information content (AvgIpc) is 2.31. The zero-order valence-corrected chi connectivity index (χ0v) is 11.0. The van der Waals surface area contributed by atoms with E-state index in [4.69, 9.17) is 0 Å². The molecule has 0 N–H and O–H groups in total. The molecule has 0 atom stereocenters. The Bertz CT molecular complexity index is 343. The summed E-state index contributed by atoms with van der Waals surface area (Å²) in [5.74, 6) is 0. The highest BCUT2D eigenvalue weighted by molar-refractivity contribution is 5.26. The summed E-state index contributed by atoms with van der Waals surface area (Å²) in [7, 11) is 0. The first kappa shape index (κ1) is 15.9. The minimum Gasteiger partial charge on any atom is -0.264 e. The average molecular weight is 247 g/mol. The number of pyridine rings is 1. The molecule has 0 fully saturated rings. The zero-order valence-electron chi connectivity index (χ0n) is 11.0.